The second kappa shape index (κ2) is 31.3. The number of likely N-dealkylation sites (tertiary alicyclic amines) is 2. The van der Waals surface area contributed by atoms with Crippen LogP contribution in [0.4, 0.5) is 23.3 Å². The summed E-state index contributed by atoms with van der Waals surface area (Å²) in [6.45, 7) is 12.6. The number of nitriles is 2. The first-order chi connectivity index (χ1) is 44.8. The number of ether oxygens (including phenoxy) is 6. The van der Waals surface area contributed by atoms with Crippen molar-refractivity contribution in [2.24, 2.45) is 0 Å². The average molecular weight is 1250 g/mol. The highest BCUT2D eigenvalue weighted by molar-refractivity contribution is 5.89. The quantitative estimate of drug-likeness (QED) is 0.0483. The lowest BCUT2D eigenvalue weighted by atomic mass is 9.88. The molecule has 4 aliphatic heterocycles. The Kier molecular flexibility index (Phi) is 21.9. The van der Waals surface area contributed by atoms with Gasteiger partial charge in [-0.25, -0.2) is 38.9 Å². The van der Waals surface area contributed by atoms with E-state index < -0.39 is 11.9 Å². The summed E-state index contributed by atoms with van der Waals surface area (Å²) < 4.78 is 37.5. The van der Waals surface area contributed by atoms with Crippen molar-refractivity contribution in [3.8, 4) is 57.4 Å². The maximum Gasteiger partial charge on any atom is 0.328 e. The molecule has 4 N–H and O–H groups in total. The van der Waals surface area contributed by atoms with E-state index in [1.165, 1.54) is 23.8 Å². The molecule has 4 aromatic carbocycles. The lowest BCUT2D eigenvalue weighted by Gasteiger charge is -2.41. The molecule has 8 heterocycles. The van der Waals surface area contributed by atoms with Crippen LogP contribution >= 0.6 is 0 Å². The van der Waals surface area contributed by atoms with E-state index >= 15 is 0 Å². The largest absolute Gasteiger partial charge is 0.495 e. The summed E-state index contributed by atoms with van der Waals surface area (Å²) in [6, 6.07) is 29.1. The Morgan fingerprint density at radius 1 is 0.576 bits per heavy atom. The first kappa shape index (κ1) is 64.5. The molecule has 8 aromatic rings. The van der Waals surface area contributed by atoms with Crippen LogP contribution in [0, 0.1) is 22.7 Å². The second-order valence-electron chi connectivity index (χ2n) is 22.3. The minimum Gasteiger partial charge on any atom is -0.495 e. The molecule has 2 atom stereocenters. The van der Waals surface area contributed by atoms with Gasteiger partial charge in [0.2, 0.25) is 11.9 Å². The number of nitrogens with zero attached hydrogens (tertiary/aromatic N) is 16. The molecule has 4 saturated heterocycles. The van der Waals surface area contributed by atoms with Crippen molar-refractivity contribution in [3.63, 3.8) is 0 Å². The fourth-order valence-corrected chi connectivity index (χ4v) is 11.0. The Bertz CT molecular complexity index is 3590. The fourth-order valence-electron chi connectivity index (χ4n) is 11.0. The summed E-state index contributed by atoms with van der Waals surface area (Å²) in [4.78, 5) is 42.4. The van der Waals surface area contributed by atoms with Gasteiger partial charge in [-0.3, -0.25) is 9.80 Å². The summed E-state index contributed by atoms with van der Waals surface area (Å²) in [5.74, 6) is 1.92. The average Bonchev–Trinajstić information content (AvgIpc) is 1.12. The summed E-state index contributed by atoms with van der Waals surface area (Å²) in [6.07, 6.45) is 15.2. The SMILES string of the molecule is COc1cc(C2CCN(C3COC3)CC2)ccc1Nc1ncc(-c2ccc(C#N)c(O[C@@H](C)Cn3cnnn3)c2)cn1.COc1cc(C2CCN(C3COC3)CC2)ccc1Nc1ncc(-c2ccc(C#N)c(O[C@@H](C)Cn3cnnn3)c2)cn1.O=C(O)/C=C/C(=O)O. The Morgan fingerprint density at radius 3 is 1.28 bits per heavy atom. The van der Waals surface area contributed by atoms with E-state index in [2.05, 4.69) is 108 Å². The van der Waals surface area contributed by atoms with Gasteiger partial charge in [0.1, 0.15) is 60.0 Å². The first-order valence-electron chi connectivity index (χ1n) is 30.0. The van der Waals surface area contributed by atoms with E-state index in [9.17, 15) is 20.1 Å². The molecule has 476 valence electrons. The van der Waals surface area contributed by atoms with Crippen LogP contribution in [0.2, 0.25) is 0 Å². The predicted octanol–water partition coefficient (Wildman–Crippen LogP) is 7.31. The van der Waals surface area contributed by atoms with E-state index in [1.54, 1.807) is 60.5 Å². The lowest BCUT2D eigenvalue weighted by Crippen LogP contribution is -2.51. The summed E-state index contributed by atoms with van der Waals surface area (Å²) >= 11 is 0. The highest BCUT2D eigenvalue weighted by atomic mass is 16.5. The molecule has 0 spiro atoms. The zero-order valence-corrected chi connectivity index (χ0v) is 51.2. The number of tetrazole rings is 2. The van der Waals surface area contributed by atoms with Crippen LogP contribution in [0.5, 0.6) is 23.0 Å². The molecule has 12 rings (SSSR count). The molecule has 92 heavy (non-hydrogen) atoms. The van der Waals surface area contributed by atoms with Gasteiger partial charge in [-0.1, -0.05) is 24.3 Å². The van der Waals surface area contributed by atoms with Crippen LogP contribution in [0.3, 0.4) is 0 Å². The molecule has 0 amide bonds. The zero-order chi connectivity index (χ0) is 64.3. The molecule has 0 aliphatic carbocycles. The third-order valence-corrected chi connectivity index (χ3v) is 16.1. The molecule has 4 fully saturated rings. The normalized spacial score (nSPS) is 16.2. The van der Waals surface area contributed by atoms with Crippen molar-refractivity contribution >= 4 is 35.2 Å². The van der Waals surface area contributed by atoms with Gasteiger partial charge < -0.3 is 49.3 Å². The molecule has 28 heteroatoms. The highest BCUT2D eigenvalue weighted by Gasteiger charge is 2.32. The number of anilines is 4. The number of carboxylic acid groups (broad SMARTS) is 2. The number of piperidine rings is 2. The maximum absolute atomic E-state index is 9.58. The number of nitrogens with one attached hydrogen (secondary N) is 2. The van der Waals surface area contributed by atoms with Gasteiger partial charge in [0.15, 0.2) is 0 Å². The zero-order valence-electron chi connectivity index (χ0n) is 51.2. The third-order valence-electron chi connectivity index (χ3n) is 16.1. The Hall–Kier alpha value is -10.5. The fraction of sp³-hybridized carbons (Fsp3) is 0.375. The Labute approximate surface area is 530 Å². The number of hydrogen-bond acceptors (Lipinski definition) is 24. The Balaban J connectivity index is 0.000000180. The van der Waals surface area contributed by atoms with E-state index in [0.717, 1.165) is 123 Å². The van der Waals surface area contributed by atoms with Crippen molar-refractivity contribution in [2.75, 3.05) is 77.5 Å². The molecule has 4 aliphatic rings. The smallest absolute Gasteiger partial charge is 0.328 e. The van der Waals surface area contributed by atoms with Gasteiger partial charge in [0.05, 0.1) is 88.3 Å². The lowest BCUT2D eigenvalue weighted by molar-refractivity contribution is -0.134. The van der Waals surface area contributed by atoms with Gasteiger partial charge in [0.25, 0.3) is 0 Å². The van der Waals surface area contributed by atoms with Crippen molar-refractivity contribution in [3.05, 3.63) is 145 Å². The van der Waals surface area contributed by atoms with E-state index in [-0.39, 0.29) is 12.2 Å². The number of rotatable bonds is 22. The minimum atomic E-state index is -1.26. The predicted molar refractivity (Wildman–Crippen MR) is 333 cm³/mol. The minimum absolute atomic E-state index is 0.254. The van der Waals surface area contributed by atoms with E-state index in [0.29, 0.717) is 83.7 Å². The molecule has 0 radical (unpaired) electrons. The number of aromatic nitrogens is 12. The summed E-state index contributed by atoms with van der Waals surface area (Å²) in [5, 5.41) is 63.7. The molecule has 0 unspecified atom stereocenters. The van der Waals surface area contributed by atoms with E-state index in [4.69, 9.17) is 38.6 Å². The molecule has 4 aromatic heterocycles. The van der Waals surface area contributed by atoms with Crippen molar-refractivity contribution in [1.29, 1.82) is 10.5 Å². The van der Waals surface area contributed by atoms with Crippen LogP contribution in [0.15, 0.2) is 122 Å². The molecular weight excluding hydrogens is 1180 g/mol. The number of carbonyl (C=O) groups is 2. The molecule has 0 bridgehead atoms. The maximum atomic E-state index is 9.58. The van der Waals surface area contributed by atoms with Gasteiger partial charge in [0, 0.05) is 48.1 Å². The molecular formula is C64H70N18O10. The number of methoxy groups -OCH3 is 2. The standard InChI is InChI=1S/2C30H33N9O3.C4H4O4/c2*1-20(16-39-19-34-36-37-39)42-28-11-23(3-4-24(28)13-31)25-14-32-30(33-15-25)35-27-6-5-22(12-29(27)40-2)21-7-9-38(10-8-21)26-17-41-18-26;5-3(6)1-2-4(7)8/h2*3-6,11-12,14-15,19-21,26H,7-10,16-18H2,1-2H3,(H,32,33,35);1-2H,(H,5,6)(H,7,8)/b;;2-1+/t2*20-;/m00./s1. The topological polar surface area (TPSA) is 347 Å². The second-order valence-corrected chi connectivity index (χ2v) is 22.3. The van der Waals surface area contributed by atoms with Crippen LogP contribution in [-0.2, 0) is 32.2 Å². The number of hydrogen-bond donors (Lipinski definition) is 4. The Morgan fingerprint density at radius 2 is 0.967 bits per heavy atom. The van der Waals surface area contributed by atoms with Crippen LogP contribution in [-0.4, -0.2) is 183 Å². The van der Waals surface area contributed by atoms with Crippen molar-refractivity contribution in [1.82, 2.24) is 70.2 Å². The van der Waals surface area contributed by atoms with Gasteiger partial charge in [-0.05, 0) is 169 Å². The summed E-state index contributed by atoms with van der Waals surface area (Å²) in [7, 11) is 3.36. The van der Waals surface area contributed by atoms with Gasteiger partial charge in [-0.15, -0.1) is 10.2 Å². The summed E-state index contributed by atoms with van der Waals surface area (Å²) in [5.41, 5.74) is 8.35. The molecule has 0 saturated carbocycles. The van der Waals surface area contributed by atoms with Crippen LogP contribution < -0.4 is 29.6 Å². The van der Waals surface area contributed by atoms with Crippen LogP contribution in [0.1, 0.15) is 73.6 Å². The first-order valence-corrected chi connectivity index (χ1v) is 30.0. The third kappa shape index (κ3) is 17.2. The number of aliphatic carboxylic acids is 2. The van der Waals surface area contributed by atoms with Crippen LogP contribution in [0.25, 0.3) is 22.3 Å². The monoisotopic (exact) mass is 1250 g/mol. The van der Waals surface area contributed by atoms with Gasteiger partial charge >= 0.3 is 11.9 Å². The number of carboxylic acids is 2. The van der Waals surface area contributed by atoms with Gasteiger partial charge in [-0.2, -0.15) is 10.5 Å². The molecule has 28 nitrogen and oxygen atoms in total. The van der Waals surface area contributed by atoms with Crippen molar-refractivity contribution < 1.29 is 48.2 Å². The van der Waals surface area contributed by atoms with E-state index in [1.807, 2.05) is 50.2 Å². The number of benzene rings is 4. The van der Waals surface area contributed by atoms with Crippen molar-refractivity contribution in [2.45, 2.75) is 88.7 Å². The highest BCUT2D eigenvalue weighted by Crippen LogP contribution is 2.38.